The van der Waals surface area contributed by atoms with Gasteiger partial charge in [-0.05, 0) is 44.9 Å². The van der Waals surface area contributed by atoms with E-state index in [1.54, 1.807) is 5.51 Å². The molecule has 10 nitrogen and oxygen atoms in total. The summed E-state index contributed by atoms with van der Waals surface area (Å²) in [5.41, 5.74) is 5.02. The lowest BCUT2D eigenvalue weighted by atomic mass is 10.2. The number of nitrogens with zero attached hydrogens (tertiary/aromatic N) is 6. The zero-order valence-electron chi connectivity index (χ0n) is 17.0. The molecule has 6 rings (SSSR count). The Labute approximate surface area is 182 Å². The second-order valence-electron chi connectivity index (χ2n) is 8.34. The number of rotatable bonds is 6. The Hall–Kier alpha value is -3.08. The number of hydrogen-bond acceptors (Lipinski definition) is 9. The SMILES string of the molecule is O=C(Nc1nncs1)[C@H]1CCCN1c1nc2c(c(Nc3cc(C4CC4)[nH]n3)n1)CCC2. The number of aromatic nitrogens is 6. The molecule has 2 aliphatic carbocycles. The van der Waals surface area contributed by atoms with Crippen LogP contribution in [0.15, 0.2) is 11.6 Å². The summed E-state index contributed by atoms with van der Waals surface area (Å²) in [6, 6.07) is 1.76. The summed E-state index contributed by atoms with van der Waals surface area (Å²) in [4.78, 5) is 24.6. The van der Waals surface area contributed by atoms with Crippen molar-refractivity contribution in [3.63, 3.8) is 0 Å². The molecule has 160 valence electrons. The van der Waals surface area contributed by atoms with E-state index >= 15 is 0 Å². The lowest BCUT2D eigenvalue weighted by molar-refractivity contribution is -0.117. The predicted molar refractivity (Wildman–Crippen MR) is 117 cm³/mol. The third-order valence-electron chi connectivity index (χ3n) is 6.19. The number of amides is 1. The van der Waals surface area contributed by atoms with Crippen LogP contribution in [0.1, 0.15) is 55.0 Å². The second-order valence-corrected chi connectivity index (χ2v) is 9.18. The van der Waals surface area contributed by atoms with Crippen LogP contribution in [0, 0.1) is 0 Å². The number of aromatic amines is 1. The molecule has 4 heterocycles. The number of anilines is 4. The first-order chi connectivity index (χ1) is 15.2. The number of carbonyl (C=O) groups excluding carboxylic acids is 1. The van der Waals surface area contributed by atoms with E-state index in [0.717, 1.165) is 61.5 Å². The molecule has 1 atom stereocenters. The number of carbonyl (C=O) groups is 1. The molecule has 1 saturated carbocycles. The van der Waals surface area contributed by atoms with E-state index in [9.17, 15) is 4.79 Å². The maximum Gasteiger partial charge on any atom is 0.249 e. The molecule has 0 unspecified atom stereocenters. The zero-order valence-corrected chi connectivity index (χ0v) is 17.8. The minimum atomic E-state index is -0.317. The Morgan fingerprint density at radius 1 is 1.19 bits per heavy atom. The highest BCUT2D eigenvalue weighted by molar-refractivity contribution is 7.13. The fourth-order valence-corrected chi connectivity index (χ4v) is 4.92. The second kappa shape index (κ2) is 7.56. The lowest BCUT2D eigenvalue weighted by Gasteiger charge is -2.24. The fourth-order valence-electron chi connectivity index (χ4n) is 4.47. The number of hydrogen-bond donors (Lipinski definition) is 3. The standard InChI is InChI=1S/C20H23N9OS/c30-18(25-20-28-21-10-31-20)15-5-2-8-29(15)19-22-13-4-1-3-12(13)17(24-19)23-16-9-14(26-27-16)11-6-7-11/h9-11,15H,1-8H2,(H,25,28,30)(H2,22,23,24,26,27)/t15-/m1/s1. The van der Waals surface area contributed by atoms with E-state index in [2.05, 4.69) is 37.1 Å². The van der Waals surface area contributed by atoms with Crippen LogP contribution in [-0.2, 0) is 17.6 Å². The first kappa shape index (κ1) is 18.7. The minimum absolute atomic E-state index is 0.0887. The molecular formula is C20H23N9OS. The Balaban J connectivity index is 1.27. The van der Waals surface area contributed by atoms with Crippen molar-refractivity contribution in [2.24, 2.45) is 0 Å². The van der Waals surface area contributed by atoms with Gasteiger partial charge in [0.15, 0.2) is 5.82 Å². The minimum Gasteiger partial charge on any atom is -0.329 e. The molecule has 2 fully saturated rings. The molecular weight excluding hydrogens is 414 g/mol. The average Bonchev–Trinajstić information content (AvgIpc) is 3.27. The van der Waals surface area contributed by atoms with Crippen molar-refractivity contribution in [2.45, 2.75) is 56.9 Å². The van der Waals surface area contributed by atoms with Crippen LogP contribution in [0.25, 0.3) is 0 Å². The summed E-state index contributed by atoms with van der Waals surface area (Å²) in [5, 5.41) is 22.1. The van der Waals surface area contributed by atoms with Gasteiger partial charge < -0.3 is 10.2 Å². The van der Waals surface area contributed by atoms with Crippen LogP contribution in [0.5, 0.6) is 0 Å². The molecule has 3 aromatic heterocycles. The molecule has 0 bridgehead atoms. The topological polar surface area (TPSA) is 125 Å². The van der Waals surface area contributed by atoms with Crippen molar-refractivity contribution in [1.29, 1.82) is 0 Å². The van der Waals surface area contributed by atoms with Crippen molar-refractivity contribution in [3.05, 3.63) is 28.5 Å². The predicted octanol–water partition coefficient (Wildman–Crippen LogP) is 2.77. The number of H-pyrrole nitrogens is 1. The fraction of sp³-hybridized carbons (Fsp3) is 0.500. The van der Waals surface area contributed by atoms with Crippen LogP contribution >= 0.6 is 11.3 Å². The van der Waals surface area contributed by atoms with Crippen molar-refractivity contribution < 1.29 is 4.79 Å². The summed E-state index contributed by atoms with van der Waals surface area (Å²) >= 11 is 1.31. The molecule has 1 aliphatic heterocycles. The summed E-state index contributed by atoms with van der Waals surface area (Å²) in [6.45, 7) is 0.751. The summed E-state index contributed by atoms with van der Waals surface area (Å²) in [7, 11) is 0. The molecule has 0 aromatic carbocycles. The van der Waals surface area contributed by atoms with Crippen LogP contribution in [0.3, 0.4) is 0 Å². The summed E-state index contributed by atoms with van der Waals surface area (Å²) in [5.74, 6) is 2.73. The van der Waals surface area contributed by atoms with Crippen molar-refractivity contribution in [2.75, 3.05) is 22.1 Å². The maximum atomic E-state index is 12.9. The number of nitrogens with one attached hydrogen (secondary N) is 3. The van der Waals surface area contributed by atoms with Gasteiger partial charge in [-0.2, -0.15) is 10.1 Å². The highest BCUT2D eigenvalue weighted by atomic mass is 32.1. The van der Waals surface area contributed by atoms with Gasteiger partial charge in [-0.3, -0.25) is 15.2 Å². The molecule has 3 aliphatic rings. The van der Waals surface area contributed by atoms with Gasteiger partial charge in [-0.15, -0.1) is 10.2 Å². The van der Waals surface area contributed by atoms with Gasteiger partial charge in [-0.25, -0.2) is 4.98 Å². The highest BCUT2D eigenvalue weighted by Crippen LogP contribution is 2.40. The third kappa shape index (κ3) is 3.62. The van der Waals surface area contributed by atoms with Gasteiger partial charge in [0, 0.05) is 29.8 Å². The Morgan fingerprint density at radius 3 is 2.97 bits per heavy atom. The van der Waals surface area contributed by atoms with Gasteiger partial charge in [-0.1, -0.05) is 11.3 Å². The van der Waals surface area contributed by atoms with E-state index in [1.807, 2.05) is 4.90 Å². The molecule has 1 amide bonds. The molecule has 1 saturated heterocycles. The molecule has 0 spiro atoms. The number of fused-ring (bicyclic) bond motifs is 1. The average molecular weight is 438 g/mol. The smallest absolute Gasteiger partial charge is 0.249 e. The van der Waals surface area contributed by atoms with Crippen molar-refractivity contribution >= 4 is 40.0 Å². The first-order valence-electron chi connectivity index (χ1n) is 10.8. The summed E-state index contributed by atoms with van der Waals surface area (Å²) in [6.07, 6.45) is 7.09. The number of aryl methyl sites for hydroxylation is 1. The van der Waals surface area contributed by atoms with E-state index in [4.69, 9.17) is 9.97 Å². The molecule has 31 heavy (non-hydrogen) atoms. The van der Waals surface area contributed by atoms with Gasteiger partial charge in [0.2, 0.25) is 17.0 Å². The molecule has 11 heteroatoms. The van der Waals surface area contributed by atoms with Crippen molar-refractivity contribution in [3.8, 4) is 0 Å². The normalized spacial score (nSPS) is 20.1. The maximum absolute atomic E-state index is 12.9. The molecule has 3 N–H and O–H groups in total. The monoisotopic (exact) mass is 437 g/mol. The molecule has 0 radical (unpaired) electrons. The third-order valence-corrected chi connectivity index (χ3v) is 6.79. The van der Waals surface area contributed by atoms with Crippen LogP contribution in [0.2, 0.25) is 0 Å². The van der Waals surface area contributed by atoms with Gasteiger partial charge in [0.1, 0.15) is 17.4 Å². The highest BCUT2D eigenvalue weighted by Gasteiger charge is 2.34. The van der Waals surface area contributed by atoms with Gasteiger partial charge in [0.25, 0.3) is 0 Å². The van der Waals surface area contributed by atoms with E-state index in [1.165, 1.54) is 29.9 Å². The Kier molecular flexibility index (Phi) is 4.55. The summed E-state index contributed by atoms with van der Waals surface area (Å²) < 4.78 is 0. The van der Waals surface area contributed by atoms with Gasteiger partial charge in [0.05, 0.1) is 5.69 Å². The zero-order chi connectivity index (χ0) is 20.8. The van der Waals surface area contributed by atoms with Crippen molar-refractivity contribution in [1.82, 2.24) is 30.4 Å². The largest absolute Gasteiger partial charge is 0.329 e. The van der Waals surface area contributed by atoms with E-state index in [-0.39, 0.29) is 11.9 Å². The Morgan fingerprint density at radius 2 is 2.13 bits per heavy atom. The van der Waals surface area contributed by atoms with E-state index < -0.39 is 0 Å². The lowest BCUT2D eigenvalue weighted by Crippen LogP contribution is -2.40. The molecule has 3 aromatic rings. The van der Waals surface area contributed by atoms with E-state index in [0.29, 0.717) is 17.0 Å². The van der Waals surface area contributed by atoms with Gasteiger partial charge >= 0.3 is 0 Å². The van der Waals surface area contributed by atoms with Crippen LogP contribution in [-0.4, -0.2) is 48.9 Å². The Bertz CT molecular complexity index is 1110. The first-order valence-corrected chi connectivity index (χ1v) is 11.7. The van der Waals surface area contributed by atoms with Crippen LogP contribution in [0.4, 0.5) is 22.7 Å². The van der Waals surface area contributed by atoms with Crippen LogP contribution < -0.4 is 15.5 Å². The quantitative estimate of drug-likeness (QED) is 0.538.